The summed E-state index contributed by atoms with van der Waals surface area (Å²) in [7, 11) is 0. The fourth-order valence-corrected chi connectivity index (χ4v) is 2.20. The lowest BCUT2D eigenvalue weighted by molar-refractivity contribution is 0.239. The number of hydrogen-bond acceptors (Lipinski definition) is 3. The largest absolute Gasteiger partial charge is 0.382 e. The van der Waals surface area contributed by atoms with E-state index >= 15 is 0 Å². The number of thiocarbonyl (C=S) groups is 1. The van der Waals surface area contributed by atoms with Crippen molar-refractivity contribution in [2.45, 2.75) is 24.8 Å². The second kappa shape index (κ2) is 2.86. The van der Waals surface area contributed by atoms with Crippen LogP contribution in [0.15, 0.2) is 0 Å². The summed E-state index contributed by atoms with van der Waals surface area (Å²) in [4.78, 5) is 0. The second-order valence-corrected chi connectivity index (χ2v) is 4.00. The van der Waals surface area contributed by atoms with E-state index in [-0.39, 0.29) is 5.44 Å². The summed E-state index contributed by atoms with van der Waals surface area (Å²) in [6.45, 7) is 2.01. The van der Waals surface area contributed by atoms with Gasteiger partial charge in [0.05, 0.1) is 0 Å². The van der Waals surface area contributed by atoms with Gasteiger partial charge in [0.15, 0.2) is 0 Å². The Balaban J connectivity index is 2.43. The zero-order valence-corrected chi connectivity index (χ0v) is 6.76. The molecule has 2 atom stereocenters. The third-order valence-corrected chi connectivity index (χ3v) is 2.37. The van der Waals surface area contributed by atoms with Crippen LogP contribution < -0.4 is 5.32 Å². The lowest BCUT2D eigenvalue weighted by Crippen LogP contribution is -2.37. The number of aliphatic hydroxyl groups excluding tert-OH is 1. The third kappa shape index (κ3) is 2.12. The van der Waals surface area contributed by atoms with E-state index in [1.165, 1.54) is 11.8 Å². The summed E-state index contributed by atoms with van der Waals surface area (Å²) in [6, 6.07) is 0.328. The van der Waals surface area contributed by atoms with E-state index in [9.17, 15) is 0 Å². The molecule has 0 radical (unpaired) electrons. The first-order valence-corrected chi connectivity index (χ1v) is 4.12. The first kappa shape index (κ1) is 7.31. The molecular weight excluding hydrogens is 154 g/mol. The summed E-state index contributed by atoms with van der Waals surface area (Å²) in [5, 5.41) is 12.1. The Kier molecular flexibility index (Phi) is 2.32. The number of hydrogen-bond donors (Lipinski definition) is 2. The maximum absolute atomic E-state index is 9.09. The summed E-state index contributed by atoms with van der Waals surface area (Å²) in [5.74, 6) is 0. The molecule has 52 valence electrons. The highest BCUT2D eigenvalue weighted by Gasteiger charge is 2.19. The first-order chi connectivity index (χ1) is 4.18. The van der Waals surface area contributed by atoms with Crippen molar-refractivity contribution in [2.24, 2.45) is 0 Å². The Morgan fingerprint density at radius 2 is 2.56 bits per heavy atom. The summed E-state index contributed by atoms with van der Waals surface area (Å²) in [6.07, 6.45) is 0.783. The van der Waals surface area contributed by atoms with Crippen LogP contribution in [0.4, 0.5) is 0 Å². The van der Waals surface area contributed by atoms with E-state index in [0.717, 1.165) is 6.42 Å². The maximum atomic E-state index is 9.09. The van der Waals surface area contributed by atoms with Gasteiger partial charge in [0.25, 0.3) is 0 Å². The minimum Gasteiger partial charge on any atom is -0.382 e. The van der Waals surface area contributed by atoms with Crippen LogP contribution in [-0.4, -0.2) is 20.9 Å². The van der Waals surface area contributed by atoms with Gasteiger partial charge in [-0.1, -0.05) is 24.0 Å². The Hall–Kier alpha value is 0.200. The minimum absolute atomic E-state index is 0.297. The molecule has 0 aromatic heterocycles. The van der Waals surface area contributed by atoms with Gasteiger partial charge in [-0.25, -0.2) is 0 Å². The molecular formula is C5H9NOS2. The highest BCUT2D eigenvalue weighted by molar-refractivity contribution is 8.23. The van der Waals surface area contributed by atoms with Gasteiger partial charge >= 0.3 is 0 Å². The molecule has 0 aromatic carbocycles. The van der Waals surface area contributed by atoms with Gasteiger partial charge in [0, 0.05) is 12.5 Å². The van der Waals surface area contributed by atoms with Crippen molar-refractivity contribution in [3.8, 4) is 0 Å². The van der Waals surface area contributed by atoms with Gasteiger partial charge in [-0.15, -0.1) is 0 Å². The number of nitrogens with one attached hydrogen (secondary N) is 1. The molecule has 1 heterocycles. The predicted octanol–water partition coefficient (Wildman–Crippen LogP) is 0.705. The second-order valence-electron chi connectivity index (χ2n) is 2.14. The molecule has 1 fully saturated rings. The van der Waals surface area contributed by atoms with Crippen LogP contribution in [0.25, 0.3) is 0 Å². The van der Waals surface area contributed by atoms with E-state index in [2.05, 4.69) is 5.32 Å². The van der Waals surface area contributed by atoms with Gasteiger partial charge in [-0.2, -0.15) is 0 Å². The molecule has 0 aromatic rings. The van der Waals surface area contributed by atoms with Crippen molar-refractivity contribution in [3.63, 3.8) is 0 Å². The maximum Gasteiger partial charge on any atom is 0.136 e. The predicted molar refractivity (Wildman–Crippen MR) is 43.4 cm³/mol. The molecule has 0 spiro atoms. The van der Waals surface area contributed by atoms with E-state index in [1.54, 1.807) is 0 Å². The topological polar surface area (TPSA) is 32.3 Å². The fraction of sp³-hybridized carbons (Fsp3) is 0.800. The van der Waals surface area contributed by atoms with E-state index in [0.29, 0.717) is 10.4 Å². The van der Waals surface area contributed by atoms with Crippen LogP contribution in [0.1, 0.15) is 13.3 Å². The molecule has 4 heteroatoms. The molecule has 0 amide bonds. The minimum atomic E-state index is -0.297. The number of rotatable bonds is 0. The van der Waals surface area contributed by atoms with Gasteiger partial charge in [0.2, 0.25) is 0 Å². The Morgan fingerprint density at radius 3 is 3.00 bits per heavy atom. The van der Waals surface area contributed by atoms with Crippen LogP contribution in [0.2, 0.25) is 0 Å². The van der Waals surface area contributed by atoms with E-state index < -0.39 is 0 Å². The van der Waals surface area contributed by atoms with Crippen molar-refractivity contribution >= 4 is 28.3 Å². The Bertz CT molecular complexity index is 116. The third-order valence-electron chi connectivity index (χ3n) is 1.16. The molecule has 1 aliphatic rings. The highest BCUT2D eigenvalue weighted by atomic mass is 32.2. The average molecular weight is 163 g/mol. The summed E-state index contributed by atoms with van der Waals surface area (Å²) < 4.78 is 0.709. The van der Waals surface area contributed by atoms with Gasteiger partial charge < -0.3 is 10.4 Å². The Morgan fingerprint density at radius 1 is 1.89 bits per heavy atom. The summed E-state index contributed by atoms with van der Waals surface area (Å²) in [5.41, 5.74) is -0.297. The zero-order valence-electron chi connectivity index (χ0n) is 5.13. The average Bonchev–Trinajstić information content (AvgIpc) is 1.59. The van der Waals surface area contributed by atoms with Gasteiger partial charge in [0.1, 0.15) is 9.76 Å². The highest BCUT2D eigenvalue weighted by Crippen LogP contribution is 2.19. The van der Waals surface area contributed by atoms with Crippen LogP contribution in [0.5, 0.6) is 0 Å². The summed E-state index contributed by atoms with van der Waals surface area (Å²) >= 11 is 6.17. The normalized spacial score (nSPS) is 36.0. The van der Waals surface area contributed by atoms with Crippen molar-refractivity contribution in [1.82, 2.24) is 5.32 Å². The van der Waals surface area contributed by atoms with Crippen molar-refractivity contribution in [3.05, 3.63) is 0 Å². The lowest BCUT2D eigenvalue weighted by atomic mass is 10.2. The lowest BCUT2D eigenvalue weighted by Gasteiger charge is -2.24. The van der Waals surface area contributed by atoms with Gasteiger partial charge in [-0.05, 0) is 6.92 Å². The molecule has 2 N–H and O–H groups in total. The van der Waals surface area contributed by atoms with Crippen LogP contribution in [0, 0.1) is 0 Å². The SMILES string of the molecule is C[C@H]1C[C@H](O)SC(=S)N1. The molecule has 0 unspecified atom stereocenters. The van der Waals surface area contributed by atoms with E-state index in [4.69, 9.17) is 17.3 Å². The van der Waals surface area contributed by atoms with Crippen LogP contribution in [-0.2, 0) is 0 Å². The molecule has 0 saturated carbocycles. The smallest absolute Gasteiger partial charge is 0.136 e. The van der Waals surface area contributed by atoms with Crippen molar-refractivity contribution in [1.29, 1.82) is 0 Å². The van der Waals surface area contributed by atoms with E-state index in [1.807, 2.05) is 6.92 Å². The molecule has 1 rings (SSSR count). The van der Waals surface area contributed by atoms with Crippen LogP contribution >= 0.6 is 24.0 Å². The quantitative estimate of drug-likeness (QED) is 0.515. The first-order valence-electron chi connectivity index (χ1n) is 2.83. The standard InChI is InChI=1S/C5H9NOS2/c1-3-2-4(7)9-5(8)6-3/h3-4,7H,2H2,1H3,(H,6,8)/t3-,4+/m0/s1. The van der Waals surface area contributed by atoms with Gasteiger partial charge in [-0.3, -0.25) is 0 Å². The fourth-order valence-electron chi connectivity index (χ4n) is 0.768. The monoisotopic (exact) mass is 163 g/mol. The molecule has 0 aliphatic carbocycles. The van der Waals surface area contributed by atoms with Crippen molar-refractivity contribution < 1.29 is 5.11 Å². The number of thioether (sulfide) groups is 1. The van der Waals surface area contributed by atoms with Crippen molar-refractivity contribution in [2.75, 3.05) is 0 Å². The van der Waals surface area contributed by atoms with Crippen LogP contribution in [0.3, 0.4) is 0 Å². The Labute approximate surface area is 64.0 Å². The molecule has 1 saturated heterocycles. The number of aliphatic hydroxyl groups is 1. The molecule has 9 heavy (non-hydrogen) atoms. The molecule has 1 aliphatic heterocycles. The zero-order chi connectivity index (χ0) is 6.85. The molecule has 0 bridgehead atoms. The molecule has 2 nitrogen and oxygen atoms in total.